The van der Waals surface area contributed by atoms with E-state index in [2.05, 4.69) is 39.2 Å². The van der Waals surface area contributed by atoms with Gasteiger partial charge in [-0.3, -0.25) is 0 Å². The molecule has 4 bridgehead atoms. The average molecular weight is 385 g/mol. The maximum Gasteiger partial charge on any atom is 0.169 e. The molecule has 146 valence electrons. The van der Waals surface area contributed by atoms with Crippen LogP contribution in [0.4, 0.5) is 5.82 Å². The summed E-state index contributed by atoms with van der Waals surface area (Å²) >= 11 is 5.84. The van der Waals surface area contributed by atoms with E-state index in [0.717, 1.165) is 54.9 Å². The number of aromatic nitrogens is 1. The molecule has 4 saturated carbocycles. The number of nitrogens with one attached hydrogen (secondary N) is 1. The fourth-order valence-corrected chi connectivity index (χ4v) is 7.18. The van der Waals surface area contributed by atoms with Crippen molar-refractivity contribution >= 4 is 23.1 Å². The molecule has 5 fully saturated rings. The van der Waals surface area contributed by atoms with Gasteiger partial charge in [0.1, 0.15) is 5.82 Å². The van der Waals surface area contributed by atoms with Gasteiger partial charge in [-0.15, -0.1) is 0 Å². The third-order valence-corrected chi connectivity index (χ3v) is 8.26. The molecule has 0 unspecified atom stereocenters. The van der Waals surface area contributed by atoms with Gasteiger partial charge in [-0.2, -0.15) is 0 Å². The maximum absolute atomic E-state index is 5.84. The zero-order valence-electron chi connectivity index (χ0n) is 16.4. The molecule has 1 aromatic heterocycles. The predicted molar refractivity (Wildman–Crippen MR) is 114 cm³/mol. The van der Waals surface area contributed by atoms with Crippen molar-refractivity contribution in [3.8, 4) is 0 Å². The van der Waals surface area contributed by atoms with E-state index in [9.17, 15) is 0 Å². The molecule has 5 heteroatoms. The minimum absolute atomic E-state index is 0.507. The molecular formula is C22H32N4S. The van der Waals surface area contributed by atoms with Gasteiger partial charge in [0.15, 0.2) is 5.11 Å². The number of piperazine rings is 1. The van der Waals surface area contributed by atoms with Crippen molar-refractivity contribution in [3.63, 3.8) is 0 Å². The number of hydrogen-bond donors (Lipinski definition) is 1. The molecule has 4 nitrogen and oxygen atoms in total. The second-order valence-corrected chi connectivity index (χ2v) is 10.00. The van der Waals surface area contributed by atoms with Gasteiger partial charge in [0.25, 0.3) is 0 Å². The lowest BCUT2D eigenvalue weighted by Crippen LogP contribution is -2.59. The van der Waals surface area contributed by atoms with E-state index in [-0.39, 0.29) is 0 Å². The molecule has 0 aromatic carbocycles. The van der Waals surface area contributed by atoms with E-state index < -0.39 is 0 Å². The first-order valence-corrected chi connectivity index (χ1v) is 11.2. The van der Waals surface area contributed by atoms with Crippen molar-refractivity contribution in [1.82, 2.24) is 15.2 Å². The zero-order valence-corrected chi connectivity index (χ0v) is 17.3. The molecule has 1 N–H and O–H groups in total. The first-order valence-electron chi connectivity index (χ1n) is 10.8. The van der Waals surface area contributed by atoms with E-state index in [1.807, 2.05) is 12.3 Å². The zero-order chi connectivity index (χ0) is 18.4. The first-order chi connectivity index (χ1) is 13.1. The number of hydrogen-bond acceptors (Lipinski definition) is 3. The lowest BCUT2D eigenvalue weighted by Gasteiger charge is -2.59. The summed E-state index contributed by atoms with van der Waals surface area (Å²) in [5.41, 5.74) is 0.509. The van der Waals surface area contributed by atoms with Crippen LogP contribution in [-0.4, -0.2) is 47.2 Å². The number of nitrogens with zero attached hydrogens (tertiary/aromatic N) is 3. The Morgan fingerprint density at radius 2 is 1.70 bits per heavy atom. The fraction of sp³-hybridized carbons (Fsp3) is 0.727. The average Bonchev–Trinajstić information content (AvgIpc) is 2.68. The van der Waals surface area contributed by atoms with E-state index in [1.54, 1.807) is 0 Å². The SMILES string of the molecule is C[C@@H](NC(=S)N1CCN(c2ccccn2)CC1)C12CC3CC(CC(C3)C1)C2. The summed E-state index contributed by atoms with van der Waals surface area (Å²) in [6.45, 7) is 6.35. The van der Waals surface area contributed by atoms with Gasteiger partial charge in [-0.25, -0.2) is 4.98 Å². The summed E-state index contributed by atoms with van der Waals surface area (Å²) < 4.78 is 0. The molecule has 0 radical (unpaired) electrons. The van der Waals surface area contributed by atoms with Gasteiger partial charge in [-0.05, 0) is 93.0 Å². The van der Waals surface area contributed by atoms with Crippen LogP contribution in [0.25, 0.3) is 0 Å². The van der Waals surface area contributed by atoms with Crippen molar-refractivity contribution < 1.29 is 0 Å². The summed E-state index contributed by atoms with van der Waals surface area (Å²) in [5.74, 6) is 4.07. The second-order valence-electron chi connectivity index (χ2n) is 9.61. The first kappa shape index (κ1) is 17.7. The van der Waals surface area contributed by atoms with Crippen LogP contribution in [-0.2, 0) is 0 Å². The highest BCUT2D eigenvalue weighted by Gasteiger charge is 2.53. The Hall–Kier alpha value is -1.36. The lowest BCUT2D eigenvalue weighted by molar-refractivity contribution is -0.0675. The van der Waals surface area contributed by atoms with Crippen molar-refractivity contribution in [3.05, 3.63) is 24.4 Å². The molecule has 1 aliphatic heterocycles. The van der Waals surface area contributed by atoms with Crippen LogP contribution in [0, 0.1) is 23.2 Å². The summed E-state index contributed by atoms with van der Waals surface area (Å²) in [7, 11) is 0. The number of anilines is 1. The molecule has 6 rings (SSSR count). The number of rotatable bonds is 3. The van der Waals surface area contributed by atoms with Crippen molar-refractivity contribution in [2.24, 2.45) is 23.2 Å². The highest BCUT2D eigenvalue weighted by atomic mass is 32.1. The molecular weight excluding hydrogens is 352 g/mol. The Morgan fingerprint density at radius 1 is 1.07 bits per heavy atom. The van der Waals surface area contributed by atoms with Crippen LogP contribution in [0.3, 0.4) is 0 Å². The molecule has 0 spiro atoms. The molecule has 0 amide bonds. The largest absolute Gasteiger partial charge is 0.360 e. The van der Waals surface area contributed by atoms with Crippen molar-refractivity contribution in [2.75, 3.05) is 31.1 Å². The topological polar surface area (TPSA) is 31.4 Å². The lowest BCUT2D eigenvalue weighted by atomic mass is 9.48. The van der Waals surface area contributed by atoms with Crippen molar-refractivity contribution in [2.45, 2.75) is 51.5 Å². The number of pyridine rings is 1. The fourth-order valence-electron chi connectivity index (χ4n) is 6.82. The van der Waals surface area contributed by atoms with Crippen LogP contribution < -0.4 is 10.2 Å². The Balaban J connectivity index is 1.18. The third-order valence-electron chi connectivity index (χ3n) is 7.88. The van der Waals surface area contributed by atoms with Gasteiger partial charge in [-0.1, -0.05) is 6.07 Å². The summed E-state index contributed by atoms with van der Waals surface area (Å²) in [6.07, 6.45) is 10.7. The monoisotopic (exact) mass is 384 g/mol. The van der Waals surface area contributed by atoms with Gasteiger partial charge in [0, 0.05) is 38.4 Å². The minimum atomic E-state index is 0.507. The normalized spacial score (nSPS) is 36.0. The molecule has 1 aromatic rings. The molecule has 4 aliphatic carbocycles. The van der Waals surface area contributed by atoms with E-state index in [4.69, 9.17) is 12.2 Å². The minimum Gasteiger partial charge on any atom is -0.360 e. The smallest absolute Gasteiger partial charge is 0.169 e. The Bertz CT molecular complexity index is 648. The number of thiocarbonyl (C=S) groups is 1. The molecule has 1 saturated heterocycles. The summed E-state index contributed by atoms with van der Waals surface area (Å²) in [5, 5.41) is 4.76. The van der Waals surface area contributed by atoms with Gasteiger partial charge in [0.2, 0.25) is 0 Å². The second kappa shape index (κ2) is 6.91. The summed E-state index contributed by atoms with van der Waals surface area (Å²) in [6, 6.07) is 6.65. The van der Waals surface area contributed by atoms with Crippen LogP contribution in [0.5, 0.6) is 0 Å². The van der Waals surface area contributed by atoms with Crippen LogP contribution in [0.1, 0.15) is 45.4 Å². The maximum atomic E-state index is 5.84. The molecule has 2 heterocycles. The molecule has 5 aliphatic rings. The summed E-state index contributed by atoms with van der Waals surface area (Å²) in [4.78, 5) is 9.22. The standard InChI is InChI=1S/C22H32N4S/c1-16(22-13-17-10-18(14-22)12-19(11-17)15-22)24-21(27)26-8-6-25(7-9-26)20-4-2-3-5-23-20/h2-5,16-19H,6-15H2,1H3,(H,24,27)/t16-,17?,18?,19?,22?/m1/s1. The Kier molecular flexibility index (Phi) is 4.53. The predicted octanol–water partition coefficient (Wildman–Crippen LogP) is 3.68. The van der Waals surface area contributed by atoms with Gasteiger partial charge in [0.05, 0.1) is 0 Å². The Labute approximate surface area is 168 Å². The van der Waals surface area contributed by atoms with Crippen molar-refractivity contribution in [1.29, 1.82) is 0 Å². The van der Waals surface area contributed by atoms with Crippen LogP contribution in [0.15, 0.2) is 24.4 Å². The molecule has 27 heavy (non-hydrogen) atoms. The molecule has 1 atom stereocenters. The third kappa shape index (κ3) is 3.32. The van der Waals surface area contributed by atoms with Crippen LogP contribution in [0.2, 0.25) is 0 Å². The highest BCUT2D eigenvalue weighted by molar-refractivity contribution is 7.80. The van der Waals surface area contributed by atoms with Crippen LogP contribution >= 0.6 is 12.2 Å². The quantitative estimate of drug-likeness (QED) is 0.804. The Morgan fingerprint density at radius 3 is 2.26 bits per heavy atom. The van der Waals surface area contributed by atoms with Gasteiger partial charge >= 0.3 is 0 Å². The van der Waals surface area contributed by atoms with Gasteiger partial charge < -0.3 is 15.1 Å². The van der Waals surface area contributed by atoms with E-state index in [1.165, 1.54) is 38.5 Å². The highest BCUT2D eigenvalue weighted by Crippen LogP contribution is 2.61. The van der Waals surface area contributed by atoms with E-state index in [0.29, 0.717) is 11.5 Å². The van der Waals surface area contributed by atoms with E-state index >= 15 is 0 Å².